The van der Waals surface area contributed by atoms with Crippen LogP contribution in [0, 0.1) is 5.82 Å². The third-order valence-electron chi connectivity index (χ3n) is 1.97. The molecule has 3 nitrogen and oxygen atoms in total. The number of hydrogen-bond donors (Lipinski definition) is 1. The molecule has 1 heterocycles. The smallest absolute Gasteiger partial charge is 0.342 e. The van der Waals surface area contributed by atoms with Gasteiger partial charge >= 0.3 is 5.97 Å². The second-order valence-corrected chi connectivity index (χ2v) is 2.90. The van der Waals surface area contributed by atoms with Crippen LogP contribution in [-0.2, 0) is 9.53 Å². The largest absolute Gasteiger partial charge is 0.508 e. The number of hydrogen-bond acceptors (Lipinski definition) is 3. The molecule has 1 aromatic carbocycles. The lowest BCUT2D eigenvalue weighted by Crippen LogP contribution is -1.98. The van der Waals surface area contributed by atoms with Gasteiger partial charge in [-0.05, 0) is 17.7 Å². The van der Waals surface area contributed by atoms with Crippen molar-refractivity contribution in [1.29, 1.82) is 0 Å². The highest BCUT2D eigenvalue weighted by Gasteiger charge is 2.25. The Labute approximate surface area is 79.4 Å². The summed E-state index contributed by atoms with van der Waals surface area (Å²) in [5.74, 6) is -1.07. The number of aliphatic hydroxyl groups excluding tert-OH is 1. The zero-order chi connectivity index (χ0) is 10.1. The number of carbonyl (C=O) groups is 1. The fraction of sp³-hybridized carbons (Fsp3) is 0.100. The fourth-order valence-electron chi connectivity index (χ4n) is 1.30. The molecule has 4 heteroatoms. The minimum absolute atomic E-state index is 0.106. The van der Waals surface area contributed by atoms with E-state index in [1.165, 1.54) is 24.3 Å². The van der Waals surface area contributed by atoms with Crippen LogP contribution >= 0.6 is 0 Å². The highest BCUT2D eigenvalue weighted by Crippen LogP contribution is 2.24. The summed E-state index contributed by atoms with van der Waals surface area (Å²) in [6.07, 6.45) is 0. The molecule has 0 fully saturated rings. The second-order valence-electron chi connectivity index (χ2n) is 2.90. The predicted molar refractivity (Wildman–Crippen MR) is 46.9 cm³/mol. The van der Waals surface area contributed by atoms with Crippen molar-refractivity contribution in [1.82, 2.24) is 0 Å². The van der Waals surface area contributed by atoms with Gasteiger partial charge in [-0.1, -0.05) is 12.1 Å². The molecule has 0 aromatic heterocycles. The normalized spacial score (nSPS) is 15.9. The van der Waals surface area contributed by atoms with Crippen LogP contribution in [0.5, 0.6) is 0 Å². The van der Waals surface area contributed by atoms with Gasteiger partial charge in [-0.3, -0.25) is 0 Å². The Morgan fingerprint density at radius 1 is 1.29 bits per heavy atom. The monoisotopic (exact) mass is 194 g/mol. The van der Waals surface area contributed by atoms with Crippen LogP contribution in [0.4, 0.5) is 4.39 Å². The van der Waals surface area contributed by atoms with E-state index in [9.17, 15) is 14.3 Å². The SMILES string of the molecule is O=C1OCC(O)=C1c1ccc(F)cc1. The Balaban J connectivity index is 2.44. The van der Waals surface area contributed by atoms with Gasteiger partial charge in [0, 0.05) is 0 Å². The molecule has 0 saturated carbocycles. The van der Waals surface area contributed by atoms with E-state index in [-0.39, 0.29) is 23.8 Å². The van der Waals surface area contributed by atoms with Crippen molar-refractivity contribution in [2.45, 2.75) is 0 Å². The van der Waals surface area contributed by atoms with E-state index in [1.807, 2.05) is 0 Å². The van der Waals surface area contributed by atoms with E-state index in [0.29, 0.717) is 5.56 Å². The zero-order valence-corrected chi connectivity index (χ0v) is 7.16. The molecule has 72 valence electrons. The fourth-order valence-corrected chi connectivity index (χ4v) is 1.30. The standard InChI is InChI=1S/C10H7FO3/c11-7-3-1-6(2-4-7)9-8(12)5-14-10(9)13/h1-4,12H,5H2. The van der Waals surface area contributed by atoms with Gasteiger partial charge in [0.15, 0.2) is 0 Å². The first kappa shape index (κ1) is 8.74. The first-order chi connectivity index (χ1) is 6.68. The lowest BCUT2D eigenvalue weighted by molar-refractivity contribution is -0.134. The maximum absolute atomic E-state index is 12.6. The third-order valence-corrected chi connectivity index (χ3v) is 1.97. The first-order valence-electron chi connectivity index (χ1n) is 4.03. The predicted octanol–water partition coefficient (Wildman–Crippen LogP) is 1.65. The number of benzene rings is 1. The topological polar surface area (TPSA) is 46.5 Å². The number of cyclic esters (lactones) is 1. The lowest BCUT2D eigenvalue weighted by Gasteiger charge is -1.98. The number of carbonyl (C=O) groups excluding carboxylic acids is 1. The molecule has 2 rings (SSSR count). The van der Waals surface area contributed by atoms with Gasteiger partial charge in [-0.2, -0.15) is 0 Å². The summed E-state index contributed by atoms with van der Waals surface area (Å²) in [4.78, 5) is 11.1. The summed E-state index contributed by atoms with van der Waals surface area (Å²) in [5, 5.41) is 9.32. The van der Waals surface area contributed by atoms with Crippen LogP contribution in [-0.4, -0.2) is 17.7 Å². The van der Waals surface area contributed by atoms with Crippen LogP contribution in [0.2, 0.25) is 0 Å². The van der Waals surface area contributed by atoms with E-state index in [0.717, 1.165) is 0 Å². The summed E-state index contributed by atoms with van der Waals surface area (Å²) in [6.45, 7) is -0.106. The van der Waals surface area contributed by atoms with Crippen LogP contribution in [0.15, 0.2) is 30.0 Å². The van der Waals surface area contributed by atoms with Crippen molar-refractivity contribution in [3.05, 3.63) is 41.4 Å². The molecule has 0 saturated heterocycles. The molecule has 0 amide bonds. The van der Waals surface area contributed by atoms with E-state index < -0.39 is 5.97 Å². The number of ether oxygens (including phenoxy) is 1. The van der Waals surface area contributed by atoms with Crippen LogP contribution in [0.3, 0.4) is 0 Å². The molecule has 0 unspecified atom stereocenters. The first-order valence-corrected chi connectivity index (χ1v) is 4.03. The lowest BCUT2D eigenvalue weighted by atomic mass is 10.1. The van der Waals surface area contributed by atoms with E-state index in [1.54, 1.807) is 0 Å². The summed E-state index contributed by atoms with van der Waals surface area (Å²) >= 11 is 0. The van der Waals surface area contributed by atoms with Gasteiger partial charge in [0.05, 0.1) is 0 Å². The molecule has 14 heavy (non-hydrogen) atoms. The van der Waals surface area contributed by atoms with Crippen LogP contribution < -0.4 is 0 Å². The summed E-state index contributed by atoms with van der Waals surface area (Å²) in [7, 11) is 0. The minimum Gasteiger partial charge on any atom is -0.508 e. The van der Waals surface area contributed by atoms with Gasteiger partial charge in [-0.25, -0.2) is 9.18 Å². The Morgan fingerprint density at radius 3 is 2.43 bits per heavy atom. The van der Waals surface area contributed by atoms with Gasteiger partial charge in [0.25, 0.3) is 0 Å². The Bertz CT molecular complexity index is 406. The number of rotatable bonds is 1. The Hall–Kier alpha value is -1.84. The number of esters is 1. The summed E-state index contributed by atoms with van der Waals surface area (Å²) in [6, 6.07) is 5.30. The van der Waals surface area contributed by atoms with Crippen molar-refractivity contribution in [3.8, 4) is 0 Å². The molecule has 0 aliphatic carbocycles. The Kier molecular flexibility index (Phi) is 1.96. The zero-order valence-electron chi connectivity index (χ0n) is 7.16. The maximum atomic E-state index is 12.6. The van der Waals surface area contributed by atoms with Gasteiger partial charge in [0.1, 0.15) is 23.8 Å². The highest BCUT2D eigenvalue weighted by molar-refractivity contribution is 6.18. The average Bonchev–Trinajstić information content (AvgIpc) is 2.49. The molecule has 0 atom stereocenters. The van der Waals surface area contributed by atoms with Crippen molar-refractivity contribution >= 4 is 11.5 Å². The molecular weight excluding hydrogens is 187 g/mol. The molecular formula is C10H7FO3. The third kappa shape index (κ3) is 1.35. The number of halogens is 1. The molecule has 0 spiro atoms. The summed E-state index contributed by atoms with van der Waals surface area (Å²) in [5.41, 5.74) is 0.580. The molecule has 1 aliphatic rings. The molecule has 0 radical (unpaired) electrons. The maximum Gasteiger partial charge on any atom is 0.342 e. The van der Waals surface area contributed by atoms with Gasteiger partial charge < -0.3 is 9.84 Å². The van der Waals surface area contributed by atoms with Crippen molar-refractivity contribution in [3.63, 3.8) is 0 Å². The molecule has 1 aliphatic heterocycles. The quantitative estimate of drug-likeness (QED) is 0.691. The minimum atomic E-state index is -0.575. The molecule has 1 aromatic rings. The van der Waals surface area contributed by atoms with Gasteiger partial charge in [0.2, 0.25) is 0 Å². The average molecular weight is 194 g/mol. The Morgan fingerprint density at radius 2 is 1.93 bits per heavy atom. The van der Waals surface area contributed by atoms with Crippen LogP contribution in [0.1, 0.15) is 5.56 Å². The second kappa shape index (κ2) is 3.14. The van der Waals surface area contributed by atoms with Crippen LogP contribution in [0.25, 0.3) is 5.57 Å². The molecule has 0 bridgehead atoms. The van der Waals surface area contributed by atoms with Crippen molar-refractivity contribution in [2.24, 2.45) is 0 Å². The van der Waals surface area contributed by atoms with E-state index >= 15 is 0 Å². The van der Waals surface area contributed by atoms with E-state index in [2.05, 4.69) is 4.74 Å². The van der Waals surface area contributed by atoms with Gasteiger partial charge in [-0.15, -0.1) is 0 Å². The number of aliphatic hydroxyl groups is 1. The summed E-state index contributed by atoms with van der Waals surface area (Å²) < 4.78 is 17.2. The molecule has 1 N–H and O–H groups in total. The van der Waals surface area contributed by atoms with E-state index in [4.69, 9.17) is 0 Å². The van der Waals surface area contributed by atoms with Crippen molar-refractivity contribution in [2.75, 3.05) is 6.61 Å². The van der Waals surface area contributed by atoms with Crippen molar-refractivity contribution < 1.29 is 19.0 Å². The highest BCUT2D eigenvalue weighted by atomic mass is 19.1.